The Morgan fingerprint density at radius 1 is 0.508 bits per heavy atom. The zero-order valence-electron chi connectivity index (χ0n) is 38.7. The van der Waals surface area contributed by atoms with Gasteiger partial charge in [-0.2, -0.15) is 0 Å². The van der Waals surface area contributed by atoms with E-state index in [1.807, 2.05) is 0 Å². The highest BCUT2D eigenvalue weighted by molar-refractivity contribution is 7.47. The van der Waals surface area contributed by atoms with Crippen molar-refractivity contribution in [2.24, 2.45) is 5.73 Å². The number of phosphoric acid groups is 1. The molecule has 0 rings (SSSR count). The molecule has 0 bridgehead atoms. The maximum atomic E-state index is 12.6. The SMILES string of the molecule is CCCCCC/C=C\C/C=C\CCCCCCCCOCC(COP(=O)(O)OCCN)OC(=O)CCCCCCCCCCCCC/C=C\CCCCCCCCCC. The average Bonchev–Trinajstić information content (AvgIpc) is 3.23. The van der Waals surface area contributed by atoms with Crippen LogP contribution >= 0.6 is 7.82 Å². The van der Waals surface area contributed by atoms with E-state index in [-0.39, 0.29) is 32.3 Å². The minimum absolute atomic E-state index is 0.0973. The van der Waals surface area contributed by atoms with Crippen LogP contribution in [0.25, 0.3) is 0 Å². The van der Waals surface area contributed by atoms with E-state index in [4.69, 9.17) is 24.3 Å². The van der Waals surface area contributed by atoms with E-state index in [0.29, 0.717) is 13.0 Å². The molecule has 0 aromatic heterocycles. The van der Waals surface area contributed by atoms with Crippen LogP contribution in [0.1, 0.15) is 239 Å². The van der Waals surface area contributed by atoms with Crippen molar-refractivity contribution >= 4 is 13.8 Å². The maximum absolute atomic E-state index is 12.6. The molecular weight excluding hydrogens is 758 g/mol. The van der Waals surface area contributed by atoms with Gasteiger partial charge in [0.05, 0.1) is 19.8 Å². The van der Waals surface area contributed by atoms with Gasteiger partial charge < -0.3 is 20.1 Å². The average molecular weight is 854 g/mol. The third-order valence-corrected chi connectivity index (χ3v) is 11.8. The van der Waals surface area contributed by atoms with E-state index in [9.17, 15) is 14.3 Å². The standard InChI is InChI=1S/C50H96NO7P/c1-3-5-7-9-11-13-15-17-19-21-22-23-24-25-26-27-29-31-33-35-37-39-41-43-50(52)58-49(48-57-59(53,54)56-46-44-51)47-55-45-42-40-38-36-34-32-30-28-20-18-16-14-12-10-8-6-4-2/h14,16,20-22,28,49H,3-13,15,17-19,23-27,29-48,51H2,1-2H3,(H,53,54)/b16-14-,22-21-,28-20-. The molecule has 0 saturated carbocycles. The first-order valence-electron chi connectivity index (χ1n) is 25.0. The smallest absolute Gasteiger partial charge is 0.457 e. The van der Waals surface area contributed by atoms with Gasteiger partial charge in [-0.05, 0) is 70.6 Å². The second-order valence-electron chi connectivity index (χ2n) is 16.7. The zero-order valence-corrected chi connectivity index (χ0v) is 39.6. The molecule has 0 heterocycles. The molecule has 0 aromatic carbocycles. The summed E-state index contributed by atoms with van der Waals surface area (Å²) in [4.78, 5) is 22.6. The van der Waals surface area contributed by atoms with Crippen LogP contribution in [-0.2, 0) is 27.9 Å². The highest BCUT2D eigenvalue weighted by Crippen LogP contribution is 2.43. The highest BCUT2D eigenvalue weighted by atomic mass is 31.2. The van der Waals surface area contributed by atoms with Crippen molar-refractivity contribution in [3.8, 4) is 0 Å². The van der Waals surface area contributed by atoms with Gasteiger partial charge in [-0.25, -0.2) is 4.57 Å². The van der Waals surface area contributed by atoms with Gasteiger partial charge in [-0.3, -0.25) is 13.8 Å². The van der Waals surface area contributed by atoms with Crippen molar-refractivity contribution in [2.75, 3.05) is 33.0 Å². The number of hydrogen-bond donors (Lipinski definition) is 2. The van der Waals surface area contributed by atoms with E-state index in [1.165, 1.54) is 173 Å². The van der Waals surface area contributed by atoms with Crippen LogP contribution < -0.4 is 5.73 Å². The summed E-state index contributed by atoms with van der Waals surface area (Å²) in [7, 11) is -4.28. The van der Waals surface area contributed by atoms with E-state index in [2.05, 4.69) is 50.3 Å². The molecule has 9 heteroatoms. The Bertz CT molecular complexity index is 1000. The second kappa shape index (κ2) is 47.8. The van der Waals surface area contributed by atoms with Crippen molar-refractivity contribution in [1.82, 2.24) is 0 Å². The number of phosphoric ester groups is 1. The summed E-state index contributed by atoms with van der Waals surface area (Å²) in [6, 6.07) is 0. The summed E-state index contributed by atoms with van der Waals surface area (Å²) >= 11 is 0. The Hall–Kier alpha value is -1.28. The number of esters is 1. The molecule has 0 spiro atoms. The molecule has 0 aliphatic rings. The molecule has 0 aromatic rings. The molecule has 0 saturated heterocycles. The largest absolute Gasteiger partial charge is 0.472 e. The third-order valence-electron chi connectivity index (χ3n) is 10.8. The summed E-state index contributed by atoms with van der Waals surface area (Å²) in [5, 5.41) is 0. The fraction of sp³-hybridized carbons (Fsp3) is 0.860. The first kappa shape index (κ1) is 57.7. The fourth-order valence-electron chi connectivity index (χ4n) is 7.08. The molecule has 0 radical (unpaired) electrons. The van der Waals surface area contributed by atoms with Crippen molar-refractivity contribution in [3.63, 3.8) is 0 Å². The molecular formula is C50H96NO7P. The maximum Gasteiger partial charge on any atom is 0.472 e. The Balaban J connectivity index is 3.95. The van der Waals surface area contributed by atoms with Gasteiger partial charge in [0.2, 0.25) is 0 Å². The molecule has 2 atom stereocenters. The Morgan fingerprint density at radius 2 is 0.898 bits per heavy atom. The molecule has 0 amide bonds. The van der Waals surface area contributed by atoms with Gasteiger partial charge >= 0.3 is 13.8 Å². The molecule has 3 N–H and O–H groups in total. The van der Waals surface area contributed by atoms with Crippen LogP contribution in [0.2, 0.25) is 0 Å². The van der Waals surface area contributed by atoms with Gasteiger partial charge in [-0.15, -0.1) is 0 Å². The van der Waals surface area contributed by atoms with Gasteiger partial charge in [0.1, 0.15) is 6.10 Å². The summed E-state index contributed by atoms with van der Waals surface area (Å²) in [6.07, 6.45) is 56.0. The molecule has 348 valence electrons. The number of ether oxygens (including phenoxy) is 2. The Kier molecular flexibility index (Phi) is 46.7. The van der Waals surface area contributed by atoms with Crippen molar-refractivity contribution < 1.29 is 32.8 Å². The lowest BCUT2D eigenvalue weighted by atomic mass is 10.0. The van der Waals surface area contributed by atoms with Crippen molar-refractivity contribution in [3.05, 3.63) is 36.5 Å². The van der Waals surface area contributed by atoms with Gasteiger partial charge in [-0.1, -0.05) is 198 Å². The summed E-state index contributed by atoms with van der Waals surface area (Å²) < 4.78 is 33.5. The summed E-state index contributed by atoms with van der Waals surface area (Å²) in [5.74, 6) is -0.332. The normalized spacial score (nSPS) is 13.6. The van der Waals surface area contributed by atoms with Crippen LogP contribution in [0.5, 0.6) is 0 Å². The summed E-state index contributed by atoms with van der Waals surface area (Å²) in [6.45, 7) is 4.91. The predicted octanol–water partition coefficient (Wildman–Crippen LogP) is 15.4. The second-order valence-corrected chi connectivity index (χ2v) is 18.1. The minimum atomic E-state index is -4.28. The Labute approximate surface area is 365 Å². The van der Waals surface area contributed by atoms with Crippen LogP contribution in [0, 0.1) is 0 Å². The van der Waals surface area contributed by atoms with E-state index in [0.717, 1.165) is 44.9 Å². The number of carbonyl (C=O) groups excluding carboxylic acids is 1. The monoisotopic (exact) mass is 854 g/mol. The first-order chi connectivity index (χ1) is 28.9. The van der Waals surface area contributed by atoms with Crippen LogP contribution in [0.15, 0.2) is 36.5 Å². The molecule has 0 aliphatic carbocycles. The van der Waals surface area contributed by atoms with Gasteiger partial charge in [0, 0.05) is 19.6 Å². The number of rotatable bonds is 48. The van der Waals surface area contributed by atoms with Gasteiger partial charge in [0.15, 0.2) is 0 Å². The van der Waals surface area contributed by atoms with Crippen molar-refractivity contribution in [2.45, 2.75) is 245 Å². The number of carbonyl (C=O) groups is 1. The van der Waals surface area contributed by atoms with Gasteiger partial charge in [0.25, 0.3) is 0 Å². The minimum Gasteiger partial charge on any atom is -0.457 e. The van der Waals surface area contributed by atoms with E-state index >= 15 is 0 Å². The van der Waals surface area contributed by atoms with Crippen molar-refractivity contribution in [1.29, 1.82) is 0 Å². The third kappa shape index (κ3) is 47.6. The lowest BCUT2D eigenvalue weighted by molar-refractivity contribution is -0.154. The van der Waals surface area contributed by atoms with Crippen LogP contribution in [0.3, 0.4) is 0 Å². The van der Waals surface area contributed by atoms with E-state index in [1.54, 1.807) is 0 Å². The molecule has 0 fully saturated rings. The zero-order chi connectivity index (χ0) is 43.0. The van der Waals surface area contributed by atoms with Crippen LogP contribution in [0.4, 0.5) is 0 Å². The number of allylic oxidation sites excluding steroid dienone is 6. The topological polar surface area (TPSA) is 117 Å². The predicted molar refractivity (Wildman–Crippen MR) is 252 cm³/mol. The van der Waals surface area contributed by atoms with E-state index < -0.39 is 13.9 Å². The lowest BCUT2D eigenvalue weighted by Gasteiger charge is -2.20. The number of hydrogen-bond acceptors (Lipinski definition) is 7. The number of nitrogens with two attached hydrogens (primary N) is 1. The summed E-state index contributed by atoms with van der Waals surface area (Å²) in [5.41, 5.74) is 5.38. The molecule has 8 nitrogen and oxygen atoms in total. The quantitative estimate of drug-likeness (QED) is 0.0269. The Morgan fingerprint density at radius 3 is 1.36 bits per heavy atom. The van der Waals surface area contributed by atoms with Crippen LogP contribution in [-0.4, -0.2) is 49.9 Å². The highest BCUT2D eigenvalue weighted by Gasteiger charge is 2.25. The first-order valence-corrected chi connectivity index (χ1v) is 26.5. The molecule has 2 unspecified atom stereocenters. The number of unbranched alkanes of at least 4 members (excludes halogenated alkanes) is 29. The molecule has 0 aliphatic heterocycles. The molecule has 59 heavy (non-hydrogen) atoms. The lowest BCUT2D eigenvalue weighted by Crippen LogP contribution is -2.28. The fourth-order valence-corrected chi connectivity index (χ4v) is 7.85.